The predicted molar refractivity (Wildman–Crippen MR) is 73.6 cm³/mol. The maximum atomic E-state index is 11.3. The summed E-state index contributed by atoms with van der Waals surface area (Å²) in [5, 5.41) is 0.619. The van der Waals surface area contributed by atoms with Gasteiger partial charge in [-0.15, -0.1) is 0 Å². The van der Waals surface area contributed by atoms with Crippen molar-refractivity contribution in [2.45, 2.75) is 25.1 Å². The van der Waals surface area contributed by atoms with E-state index < -0.39 is 6.04 Å². The summed E-state index contributed by atoms with van der Waals surface area (Å²) >= 11 is 7.55. The minimum atomic E-state index is -0.539. The Morgan fingerprint density at radius 3 is 3.00 bits per heavy atom. The van der Waals surface area contributed by atoms with Gasteiger partial charge in [0.25, 0.3) is 0 Å². The summed E-state index contributed by atoms with van der Waals surface area (Å²) in [6.45, 7) is 2.13. The molecule has 1 aromatic heterocycles. The Kier molecular flexibility index (Phi) is 6.52. The molecule has 1 rings (SSSR count). The van der Waals surface area contributed by atoms with Gasteiger partial charge < -0.3 is 15.0 Å². The molecule has 1 heterocycles. The average molecular weight is 292 g/mol. The number of ether oxygens (including phenoxy) is 1. The molecule has 102 valence electrons. The van der Waals surface area contributed by atoms with Gasteiger partial charge >= 0.3 is 5.97 Å². The highest BCUT2D eigenvalue weighted by Crippen LogP contribution is 2.16. The highest BCUT2D eigenvalue weighted by Gasteiger charge is 2.14. The van der Waals surface area contributed by atoms with Crippen molar-refractivity contribution in [3.8, 4) is 0 Å². The minimum absolute atomic E-state index is 0.335. The molecule has 7 heteroatoms. The lowest BCUT2D eigenvalue weighted by atomic mass is 10.2. The molecule has 0 aliphatic rings. The van der Waals surface area contributed by atoms with Crippen LogP contribution in [0.4, 0.5) is 0 Å². The third-order valence-corrected chi connectivity index (χ3v) is 3.76. The zero-order valence-electron chi connectivity index (χ0n) is 10.6. The molecular formula is C11H18ClN3O2S. The molecule has 0 radical (unpaired) electrons. The number of carbonyl (C=O) groups excluding carboxylic acids is 1. The molecule has 1 atom stereocenters. The summed E-state index contributed by atoms with van der Waals surface area (Å²) < 4.78 is 6.67. The average Bonchev–Trinajstić information content (AvgIpc) is 2.66. The lowest BCUT2D eigenvalue weighted by Gasteiger charge is -2.09. The van der Waals surface area contributed by atoms with E-state index in [1.54, 1.807) is 24.9 Å². The Hall–Kier alpha value is -0.720. The second-order valence-electron chi connectivity index (χ2n) is 3.76. The van der Waals surface area contributed by atoms with Crippen molar-refractivity contribution >= 4 is 29.3 Å². The number of imidazole rings is 1. The molecule has 18 heavy (non-hydrogen) atoms. The molecule has 1 unspecified atom stereocenters. The first-order valence-corrected chi connectivity index (χ1v) is 7.25. The number of carbonyl (C=O) groups is 1. The van der Waals surface area contributed by atoms with E-state index in [1.807, 2.05) is 11.6 Å². The van der Waals surface area contributed by atoms with Gasteiger partial charge in [0.15, 0.2) is 0 Å². The number of aromatic nitrogens is 2. The van der Waals surface area contributed by atoms with Gasteiger partial charge in [0, 0.05) is 7.05 Å². The maximum Gasteiger partial charge on any atom is 0.322 e. The van der Waals surface area contributed by atoms with Crippen molar-refractivity contribution in [3.63, 3.8) is 0 Å². The predicted octanol–water partition coefficient (Wildman–Crippen LogP) is 1.59. The summed E-state index contributed by atoms with van der Waals surface area (Å²) in [4.78, 5) is 15.5. The summed E-state index contributed by atoms with van der Waals surface area (Å²) in [6, 6.07) is -0.539. The number of nitrogens with two attached hydrogens (primary N) is 1. The van der Waals surface area contributed by atoms with E-state index in [1.165, 1.54) is 0 Å². The Balaban J connectivity index is 2.23. The van der Waals surface area contributed by atoms with Crippen LogP contribution in [0.2, 0.25) is 5.15 Å². The number of hydrogen-bond acceptors (Lipinski definition) is 5. The van der Waals surface area contributed by atoms with Gasteiger partial charge in [0.2, 0.25) is 0 Å². The van der Waals surface area contributed by atoms with Gasteiger partial charge in [-0.3, -0.25) is 4.79 Å². The van der Waals surface area contributed by atoms with Crippen molar-refractivity contribution in [2.75, 3.05) is 12.4 Å². The van der Waals surface area contributed by atoms with E-state index in [2.05, 4.69) is 4.98 Å². The van der Waals surface area contributed by atoms with Gasteiger partial charge in [0.05, 0.1) is 18.6 Å². The smallest absolute Gasteiger partial charge is 0.322 e. The van der Waals surface area contributed by atoms with Gasteiger partial charge in [-0.2, -0.15) is 11.8 Å². The van der Waals surface area contributed by atoms with Gasteiger partial charge in [0.1, 0.15) is 17.0 Å². The van der Waals surface area contributed by atoms with Gasteiger partial charge in [-0.05, 0) is 19.1 Å². The first-order chi connectivity index (χ1) is 8.56. The number of halogens is 1. The van der Waals surface area contributed by atoms with Crippen LogP contribution in [-0.4, -0.2) is 33.9 Å². The van der Waals surface area contributed by atoms with Crippen molar-refractivity contribution in [1.82, 2.24) is 9.55 Å². The molecule has 0 aliphatic carbocycles. The van der Waals surface area contributed by atoms with E-state index in [0.717, 1.165) is 17.3 Å². The first kappa shape index (κ1) is 15.3. The summed E-state index contributed by atoms with van der Waals surface area (Å²) in [6.07, 6.45) is 2.23. The van der Waals surface area contributed by atoms with E-state index in [9.17, 15) is 4.79 Å². The number of thioether (sulfide) groups is 1. The van der Waals surface area contributed by atoms with E-state index in [0.29, 0.717) is 18.2 Å². The molecular weight excluding hydrogens is 274 g/mol. The summed E-state index contributed by atoms with van der Waals surface area (Å²) in [5.41, 5.74) is 5.69. The molecule has 0 saturated heterocycles. The van der Waals surface area contributed by atoms with Crippen LogP contribution in [0.15, 0.2) is 6.20 Å². The molecule has 1 aromatic rings. The number of hydrogen-bond donors (Lipinski definition) is 1. The third-order valence-electron chi connectivity index (χ3n) is 2.42. The first-order valence-electron chi connectivity index (χ1n) is 5.72. The molecule has 0 aliphatic heterocycles. The fourth-order valence-electron chi connectivity index (χ4n) is 1.30. The van der Waals surface area contributed by atoms with Crippen LogP contribution in [0, 0.1) is 0 Å². The van der Waals surface area contributed by atoms with Crippen LogP contribution < -0.4 is 5.73 Å². The second-order valence-corrected chi connectivity index (χ2v) is 5.25. The molecule has 0 amide bonds. The largest absolute Gasteiger partial charge is 0.465 e. The van der Waals surface area contributed by atoms with Gasteiger partial charge in [-0.1, -0.05) is 11.6 Å². The SMILES string of the molecule is CCOC(=O)C(N)CCSCc1ncc(Cl)n1C. The Morgan fingerprint density at radius 1 is 1.72 bits per heavy atom. The molecule has 2 N–H and O–H groups in total. The molecule has 0 fully saturated rings. The van der Waals surface area contributed by atoms with Crippen molar-refractivity contribution < 1.29 is 9.53 Å². The second kappa shape index (κ2) is 7.66. The fraction of sp³-hybridized carbons (Fsp3) is 0.636. The number of rotatable bonds is 7. The Bertz CT molecular complexity index is 398. The molecule has 5 nitrogen and oxygen atoms in total. The number of nitrogens with zero attached hydrogens (tertiary/aromatic N) is 2. The topological polar surface area (TPSA) is 70.1 Å². The fourth-order valence-corrected chi connectivity index (χ4v) is 2.46. The number of esters is 1. The standard InChI is InChI=1S/C11H18ClN3O2S/c1-3-17-11(16)8(13)4-5-18-7-10-14-6-9(12)15(10)2/h6,8H,3-5,7,13H2,1-2H3. The van der Waals surface area contributed by atoms with E-state index in [4.69, 9.17) is 22.1 Å². The highest BCUT2D eigenvalue weighted by atomic mass is 35.5. The lowest BCUT2D eigenvalue weighted by molar-refractivity contribution is -0.144. The molecule has 0 bridgehead atoms. The van der Waals surface area contributed by atoms with Crippen LogP contribution >= 0.6 is 23.4 Å². The summed E-state index contributed by atoms with van der Waals surface area (Å²) in [5.74, 6) is 2.11. The Morgan fingerprint density at radius 2 is 2.44 bits per heavy atom. The minimum Gasteiger partial charge on any atom is -0.465 e. The van der Waals surface area contributed by atoms with Crippen LogP contribution in [0.5, 0.6) is 0 Å². The van der Waals surface area contributed by atoms with Crippen LogP contribution in [0.25, 0.3) is 0 Å². The van der Waals surface area contributed by atoms with Crippen molar-refractivity contribution in [2.24, 2.45) is 12.8 Å². The van der Waals surface area contributed by atoms with Crippen molar-refractivity contribution in [3.05, 3.63) is 17.2 Å². The normalized spacial score (nSPS) is 12.4. The quantitative estimate of drug-likeness (QED) is 0.610. The van der Waals surface area contributed by atoms with Crippen LogP contribution in [0.1, 0.15) is 19.2 Å². The van der Waals surface area contributed by atoms with Crippen LogP contribution in [0.3, 0.4) is 0 Å². The van der Waals surface area contributed by atoms with Crippen molar-refractivity contribution in [1.29, 1.82) is 0 Å². The van der Waals surface area contributed by atoms with E-state index >= 15 is 0 Å². The molecule has 0 spiro atoms. The molecule has 0 saturated carbocycles. The lowest BCUT2D eigenvalue weighted by Crippen LogP contribution is -2.32. The van der Waals surface area contributed by atoms with Crippen LogP contribution in [-0.2, 0) is 22.3 Å². The maximum absolute atomic E-state index is 11.3. The van der Waals surface area contributed by atoms with E-state index in [-0.39, 0.29) is 5.97 Å². The third kappa shape index (κ3) is 4.51. The monoisotopic (exact) mass is 291 g/mol. The Labute approximate surface area is 116 Å². The zero-order chi connectivity index (χ0) is 13.5. The summed E-state index contributed by atoms with van der Waals surface area (Å²) in [7, 11) is 1.87. The highest BCUT2D eigenvalue weighted by molar-refractivity contribution is 7.98. The zero-order valence-corrected chi connectivity index (χ0v) is 12.1. The van der Waals surface area contributed by atoms with Gasteiger partial charge in [-0.25, -0.2) is 4.98 Å². The molecule has 0 aromatic carbocycles.